The molecule has 1 aliphatic rings. The number of hydrogen-bond donors (Lipinski definition) is 1. The van der Waals surface area contributed by atoms with Crippen LogP contribution < -0.4 is 19.5 Å². The standard InChI is InChI=1S/C13H19NO3S/c1-8-7-18-13(14-8)9-5-11(16-3)12(17-4)6-10(9)15-2/h5-6,8,13-14H,7H2,1-4H3. The molecule has 2 unspecified atom stereocenters. The summed E-state index contributed by atoms with van der Waals surface area (Å²) in [6, 6.07) is 4.37. The Labute approximate surface area is 112 Å². The van der Waals surface area contributed by atoms with Crippen LogP contribution in [0.2, 0.25) is 0 Å². The highest BCUT2D eigenvalue weighted by molar-refractivity contribution is 7.99. The zero-order valence-corrected chi connectivity index (χ0v) is 12.0. The summed E-state index contributed by atoms with van der Waals surface area (Å²) in [5.74, 6) is 3.35. The van der Waals surface area contributed by atoms with Crippen LogP contribution in [-0.2, 0) is 0 Å². The van der Waals surface area contributed by atoms with Crippen molar-refractivity contribution in [1.29, 1.82) is 0 Å². The second-order valence-electron chi connectivity index (χ2n) is 4.23. The molecule has 1 aromatic rings. The summed E-state index contributed by atoms with van der Waals surface area (Å²) >= 11 is 1.88. The molecule has 0 spiro atoms. The molecule has 0 amide bonds. The van der Waals surface area contributed by atoms with Crippen molar-refractivity contribution in [1.82, 2.24) is 5.32 Å². The molecule has 1 aliphatic heterocycles. The van der Waals surface area contributed by atoms with E-state index >= 15 is 0 Å². The molecule has 4 nitrogen and oxygen atoms in total. The zero-order chi connectivity index (χ0) is 13.1. The number of nitrogens with one attached hydrogen (secondary N) is 1. The number of methoxy groups -OCH3 is 3. The molecule has 0 aliphatic carbocycles. The highest BCUT2D eigenvalue weighted by atomic mass is 32.2. The van der Waals surface area contributed by atoms with E-state index in [1.807, 2.05) is 23.9 Å². The Hall–Kier alpha value is -1.07. The van der Waals surface area contributed by atoms with Crippen LogP contribution >= 0.6 is 11.8 Å². The van der Waals surface area contributed by atoms with Crippen LogP contribution in [0.4, 0.5) is 0 Å². The quantitative estimate of drug-likeness (QED) is 0.909. The third-order valence-corrected chi connectivity index (χ3v) is 4.38. The van der Waals surface area contributed by atoms with Crippen molar-refractivity contribution < 1.29 is 14.2 Å². The molecular formula is C13H19NO3S. The summed E-state index contributed by atoms with van der Waals surface area (Å²) < 4.78 is 16.1. The van der Waals surface area contributed by atoms with E-state index in [2.05, 4.69) is 12.2 Å². The van der Waals surface area contributed by atoms with Crippen LogP contribution in [-0.4, -0.2) is 33.1 Å². The van der Waals surface area contributed by atoms with E-state index in [1.54, 1.807) is 21.3 Å². The summed E-state index contributed by atoms with van der Waals surface area (Å²) in [7, 11) is 4.95. The van der Waals surface area contributed by atoms with Gasteiger partial charge in [-0.05, 0) is 13.0 Å². The molecule has 1 heterocycles. The Bertz CT molecular complexity index is 425. The molecule has 1 saturated heterocycles. The first kappa shape index (κ1) is 13.4. The average Bonchev–Trinajstić information content (AvgIpc) is 2.83. The molecular weight excluding hydrogens is 250 g/mol. The number of benzene rings is 1. The number of hydrogen-bond acceptors (Lipinski definition) is 5. The number of ether oxygens (including phenoxy) is 3. The fourth-order valence-corrected chi connectivity index (χ4v) is 3.30. The first-order chi connectivity index (χ1) is 8.69. The molecule has 1 fully saturated rings. The maximum Gasteiger partial charge on any atom is 0.164 e. The lowest BCUT2D eigenvalue weighted by Gasteiger charge is -2.18. The van der Waals surface area contributed by atoms with Gasteiger partial charge < -0.3 is 14.2 Å². The van der Waals surface area contributed by atoms with Gasteiger partial charge in [0.2, 0.25) is 0 Å². The van der Waals surface area contributed by atoms with Crippen molar-refractivity contribution in [2.75, 3.05) is 27.1 Å². The van der Waals surface area contributed by atoms with Gasteiger partial charge in [0.05, 0.1) is 26.7 Å². The maximum absolute atomic E-state index is 5.45. The first-order valence-corrected chi connectivity index (χ1v) is 6.92. The SMILES string of the molecule is COc1cc(OC)c(C2NC(C)CS2)cc1OC. The van der Waals surface area contributed by atoms with E-state index in [1.165, 1.54) is 0 Å². The molecule has 1 aromatic carbocycles. The topological polar surface area (TPSA) is 39.7 Å². The minimum atomic E-state index is 0.245. The third-order valence-electron chi connectivity index (χ3n) is 2.97. The van der Waals surface area contributed by atoms with Gasteiger partial charge in [0, 0.05) is 23.4 Å². The summed E-state index contributed by atoms with van der Waals surface area (Å²) in [6.07, 6.45) is 0. The second-order valence-corrected chi connectivity index (χ2v) is 5.37. The van der Waals surface area contributed by atoms with E-state index in [4.69, 9.17) is 14.2 Å². The molecule has 0 saturated carbocycles. The average molecular weight is 269 g/mol. The van der Waals surface area contributed by atoms with Crippen molar-refractivity contribution in [3.05, 3.63) is 17.7 Å². The van der Waals surface area contributed by atoms with Gasteiger partial charge >= 0.3 is 0 Å². The Kier molecular flexibility index (Phi) is 4.24. The lowest BCUT2D eigenvalue weighted by molar-refractivity contribution is 0.347. The maximum atomic E-state index is 5.45. The first-order valence-electron chi connectivity index (χ1n) is 5.87. The molecule has 100 valence electrons. The fourth-order valence-electron chi connectivity index (χ4n) is 2.03. The Morgan fingerprint density at radius 3 is 2.17 bits per heavy atom. The largest absolute Gasteiger partial charge is 0.496 e. The summed E-state index contributed by atoms with van der Waals surface area (Å²) in [5, 5.41) is 3.77. The van der Waals surface area contributed by atoms with Crippen molar-refractivity contribution >= 4 is 11.8 Å². The predicted octanol–water partition coefficient (Wildman–Crippen LogP) is 2.44. The zero-order valence-electron chi connectivity index (χ0n) is 11.1. The van der Waals surface area contributed by atoms with Gasteiger partial charge in [-0.2, -0.15) is 0 Å². The van der Waals surface area contributed by atoms with Crippen LogP contribution in [0.15, 0.2) is 12.1 Å². The molecule has 0 bridgehead atoms. The van der Waals surface area contributed by atoms with Gasteiger partial charge in [0.15, 0.2) is 11.5 Å². The van der Waals surface area contributed by atoms with Gasteiger partial charge in [-0.25, -0.2) is 0 Å². The second kappa shape index (κ2) is 5.71. The molecule has 2 atom stereocenters. The Balaban J connectivity index is 2.38. The van der Waals surface area contributed by atoms with E-state index in [0.717, 1.165) is 22.8 Å². The molecule has 18 heavy (non-hydrogen) atoms. The lowest BCUT2D eigenvalue weighted by Crippen LogP contribution is -2.22. The van der Waals surface area contributed by atoms with Crippen molar-refractivity contribution in [3.63, 3.8) is 0 Å². The monoisotopic (exact) mass is 269 g/mol. The highest BCUT2D eigenvalue weighted by Gasteiger charge is 2.26. The van der Waals surface area contributed by atoms with E-state index in [9.17, 15) is 0 Å². The summed E-state index contributed by atoms with van der Waals surface area (Å²) in [6.45, 7) is 2.18. The van der Waals surface area contributed by atoms with Gasteiger partial charge in [-0.3, -0.25) is 5.32 Å². The third kappa shape index (κ3) is 2.52. The van der Waals surface area contributed by atoms with Gasteiger partial charge in [-0.1, -0.05) is 0 Å². The predicted molar refractivity (Wildman–Crippen MR) is 73.9 cm³/mol. The Morgan fingerprint density at radius 2 is 1.67 bits per heavy atom. The number of thioether (sulfide) groups is 1. The van der Waals surface area contributed by atoms with Crippen LogP contribution in [0, 0.1) is 0 Å². The van der Waals surface area contributed by atoms with Gasteiger partial charge in [0.1, 0.15) is 5.75 Å². The van der Waals surface area contributed by atoms with Crippen molar-refractivity contribution in [2.24, 2.45) is 0 Å². The minimum absolute atomic E-state index is 0.245. The lowest BCUT2D eigenvalue weighted by atomic mass is 10.1. The smallest absolute Gasteiger partial charge is 0.164 e. The van der Waals surface area contributed by atoms with Crippen LogP contribution in [0.3, 0.4) is 0 Å². The minimum Gasteiger partial charge on any atom is -0.496 e. The van der Waals surface area contributed by atoms with Gasteiger partial charge in [-0.15, -0.1) is 11.8 Å². The molecule has 0 aromatic heterocycles. The highest BCUT2D eigenvalue weighted by Crippen LogP contribution is 2.42. The fraction of sp³-hybridized carbons (Fsp3) is 0.538. The molecule has 0 radical (unpaired) electrons. The van der Waals surface area contributed by atoms with Gasteiger partial charge in [0.25, 0.3) is 0 Å². The van der Waals surface area contributed by atoms with Crippen LogP contribution in [0.5, 0.6) is 17.2 Å². The van der Waals surface area contributed by atoms with Crippen LogP contribution in [0.25, 0.3) is 0 Å². The van der Waals surface area contributed by atoms with E-state index < -0.39 is 0 Å². The van der Waals surface area contributed by atoms with E-state index in [0.29, 0.717) is 11.8 Å². The van der Waals surface area contributed by atoms with Crippen molar-refractivity contribution in [2.45, 2.75) is 18.3 Å². The van der Waals surface area contributed by atoms with E-state index in [-0.39, 0.29) is 5.37 Å². The normalized spacial score (nSPS) is 22.9. The Morgan fingerprint density at radius 1 is 1.06 bits per heavy atom. The van der Waals surface area contributed by atoms with Crippen molar-refractivity contribution in [3.8, 4) is 17.2 Å². The summed E-state index contributed by atoms with van der Waals surface area (Å²) in [5.41, 5.74) is 1.10. The molecule has 2 rings (SSSR count). The molecule has 5 heteroatoms. The van der Waals surface area contributed by atoms with Crippen LogP contribution in [0.1, 0.15) is 17.9 Å². The number of rotatable bonds is 4. The summed E-state index contributed by atoms with van der Waals surface area (Å²) in [4.78, 5) is 0. The molecule has 1 N–H and O–H groups in total.